The van der Waals surface area contributed by atoms with Crippen molar-refractivity contribution in [1.82, 2.24) is 4.98 Å². The average molecular weight is 286 g/mol. The van der Waals surface area contributed by atoms with Crippen LogP contribution in [0, 0.1) is 13.8 Å². The zero-order valence-corrected chi connectivity index (χ0v) is 13.2. The van der Waals surface area contributed by atoms with Crippen LogP contribution >= 0.6 is 11.8 Å². The first-order chi connectivity index (χ1) is 9.58. The maximum Gasteiger partial charge on any atom is 0.104 e. The Morgan fingerprint density at radius 2 is 2.05 bits per heavy atom. The maximum absolute atomic E-state index is 6.00. The zero-order valence-electron chi connectivity index (χ0n) is 12.4. The van der Waals surface area contributed by atoms with Gasteiger partial charge in [-0.3, -0.25) is 0 Å². The standard InChI is InChI=1S/C17H22N2S/c1-4-15(18)10-14-9-13(3)17(19-11-14)20-16-7-5-6-12(2)8-16/h5-9,11,15H,4,10,18H2,1-3H3. The third kappa shape index (κ3) is 4.09. The fourth-order valence-corrected chi connectivity index (χ4v) is 3.02. The molecule has 0 spiro atoms. The van der Waals surface area contributed by atoms with Crippen LogP contribution in [0.2, 0.25) is 0 Å². The third-order valence-corrected chi connectivity index (χ3v) is 4.42. The van der Waals surface area contributed by atoms with Crippen LogP contribution in [0.25, 0.3) is 0 Å². The number of rotatable bonds is 5. The molecule has 1 aromatic carbocycles. The van der Waals surface area contributed by atoms with E-state index in [-0.39, 0.29) is 6.04 Å². The lowest BCUT2D eigenvalue weighted by Gasteiger charge is -2.11. The van der Waals surface area contributed by atoms with Crippen molar-refractivity contribution in [1.29, 1.82) is 0 Å². The Kier molecular flexibility index (Phi) is 5.21. The molecule has 1 unspecified atom stereocenters. The first-order valence-corrected chi connectivity index (χ1v) is 7.85. The molecule has 0 aliphatic carbocycles. The molecule has 3 heteroatoms. The molecule has 0 aliphatic heterocycles. The van der Waals surface area contributed by atoms with Crippen LogP contribution < -0.4 is 5.73 Å². The van der Waals surface area contributed by atoms with Gasteiger partial charge in [-0.15, -0.1) is 0 Å². The minimum absolute atomic E-state index is 0.228. The molecule has 0 saturated carbocycles. The monoisotopic (exact) mass is 286 g/mol. The molecular weight excluding hydrogens is 264 g/mol. The van der Waals surface area contributed by atoms with Gasteiger partial charge >= 0.3 is 0 Å². The van der Waals surface area contributed by atoms with Gasteiger partial charge in [0.2, 0.25) is 0 Å². The van der Waals surface area contributed by atoms with E-state index in [1.165, 1.54) is 21.6 Å². The van der Waals surface area contributed by atoms with E-state index >= 15 is 0 Å². The van der Waals surface area contributed by atoms with Crippen molar-refractivity contribution in [2.75, 3.05) is 0 Å². The first kappa shape index (κ1) is 15.1. The summed E-state index contributed by atoms with van der Waals surface area (Å²) in [7, 11) is 0. The molecule has 2 nitrogen and oxygen atoms in total. The first-order valence-electron chi connectivity index (χ1n) is 7.04. The van der Waals surface area contributed by atoms with E-state index in [1.807, 2.05) is 6.20 Å². The highest BCUT2D eigenvalue weighted by Gasteiger charge is 2.07. The van der Waals surface area contributed by atoms with Gasteiger partial charge in [0.15, 0.2) is 0 Å². The molecule has 1 heterocycles. The summed E-state index contributed by atoms with van der Waals surface area (Å²) < 4.78 is 0. The number of nitrogens with two attached hydrogens (primary N) is 1. The van der Waals surface area contributed by atoms with Gasteiger partial charge in [0.1, 0.15) is 5.03 Å². The van der Waals surface area contributed by atoms with Crippen LogP contribution in [-0.4, -0.2) is 11.0 Å². The molecule has 0 aliphatic rings. The number of aromatic nitrogens is 1. The van der Waals surface area contributed by atoms with Crippen molar-refractivity contribution in [3.05, 3.63) is 53.2 Å². The van der Waals surface area contributed by atoms with Gasteiger partial charge in [-0.1, -0.05) is 42.4 Å². The predicted molar refractivity (Wildman–Crippen MR) is 86.2 cm³/mol. The number of nitrogens with zero attached hydrogens (tertiary/aromatic N) is 1. The summed E-state index contributed by atoms with van der Waals surface area (Å²) in [6, 6.07) is 10.9. The van der Waals surface area contributed by atoms with E-state index < -0.39 is 0 Å². The minimum Gasteiger partial charge on any atom is -0.327 e. The molecule has 2 rings (SSSR count). The lowest BCUT2D eigenvalue weighted by Crippen LogP contribution is -2.21. The fourth-order valence-electron chi connectivity index (χ4n) is 2.08. The second-order valence-corrected chi connectivity index (χ2v) is 6.32. The second kappa shape index (κ2) is 6.91. The Labute approximate surface area is 125 Å². The molecule has 0 amide bonds. The van der Waals surface area contributed by atoms with Crippen molar-refractivity contribution >= 4 is 11.8 Å². The summed E-state index contributed by atoms with van der Waals surface area (Å²) in [6.07, 6.45) is 3.86. The van der Waals surface area contributed by atoms with Crippen LogP contribution in [0.4, 0.5) is 0 Å². The molecule has 1 atom stereocenters. The highest BCUT2D eigenvalue weighted by molar-refractivity contribution is 7.99. The van der Waals surface area contributed by atoms with Crippen LogP contribution in [-0.2, 0) is 6.42 Å². The lowest BCUT2D eigenvalue weighted by atomic mass is 10.1. The van der Waals surface area contributed by atoms with Crippen LogP contribution in [0.3, 0.4) is 0 Å². The van der Waals surface area contributed by atoms with Gasteiger partial charge in [-0.05, 0) is 49.9 Å². The van der Waals surface area contributed by atoms with Crippen LogP contribution in [0.5, 0.6) is 0 Å². The van der Waals surface area contributed by atoms with Crippen molar-refractivity contribution < 1.29 is 0 Å². The Balaban J connectivity index is 2.13. The van der Waals surface area contributed by atoms with E-state index in [4.69, 9.17) is 5.73 Å². The summed E-state index contributed by atoms with van der Waals surface area (Å²) in [5.41, 5.74) is 9.72. The largest absolute Gasteiger partial charge is 0.327 e. The van der Waals surface area contributed by atoms with E-state index in [0.29, 0.717) is 0 Å². The Bertz CT molecular complexity index is 581. The van der Waals surface area contributed by atoms with Crippen molar-refractivity contribution in [3.63, 3.8) is 0 Å². The summed E-state index contributed by atoms with van der Waals surface area (Å²) in [5, 5.41) is 1.07. The number of pyridine rings is 1. The Hall–Kier alpha value is -1.32. The lowest BCUT2D eigenvalue weighted by molar-refractivity contribution is 0.644. The smallest absolute Gasteiger partial charge is 0.104 e. The zero-order chi connectivity index (χ0) is 14.5. The number of hydrogen-bond acceptors (Lipinski definition) is 3. The molecule has 0 radical (unpaired) electrons. The van der Waals surface area contributed by atoms with Crippen LogP contribution in [0.15, 0.2) is 46.5 Å². The second-order valence-electron chi connectivity index (χ2n) is 5.26. The summed E-state index contributed by atoms with van der Waals surface area (Å²) in [5.74, 6) is 0. The average Bonchev–Trinajstić information content (AvgIpc) is 2.42. The molecule has 0 fully saturated rings. The van der Waals surface area contributed by atoms with Crippen LogP contribution in [0.1, 0.15) is 30.0 Å². The summed E-state index contributed by atoms with van der Waals surface area (Å²) >= 11 is 1.72. The van der Waals surface area contributed by atoms with Gasteiger partial charge < -0.3 is 5.73 Å². The van der Waals surface area contributed by atoms with Crippen molar-refractivity contribution in [2.45, 2.75) is 49.6 Å². The quantitative estimate of drug-likeness (QED) is 0.898. The highest BCUT2D eigenvalue weighted by atomic mass is 32.2. The van der Waals surface area contributed by atoms with Crippen molar-refractivity contribution in [2.24, 2.45) is 5.73 Å². The number of hydrogen-bond donors (Lipinski definition) is 1. The molecule has 20 heavy (non-hydrogen) atoms. The molecule has 106 valence electrons. The maximum atomic E-state index is 6.00. The van der Waals surface area contributed by atoms with Gasteiger partial charge in [0, 0.05) is 17.1 Å². The van der Waals surface area contributed by atoms with Crippen molar-refractivity contribution in [3.8, 4) is 0 Å². The van der Waals surface area contributed by atoms with E-state index in [0.717, 1.165) is 17.9 Å². The molecule has 2 N–H and O–H groups in total. The van der Waals surface area contributed by atoms with Gasteiger partial charge in [0.05, 0.1) is 0 Å². The topological polar surface area (TPSA) is 38.9 Å². The molecule has 0 saturated heterocycles. The summed E-state index contributed by atoms with van der Waals surface area (Å²) in [4.78, 5) is 5.83. The Morgan fingerprint density at radius 3 is 2.70 bits per heavy atom. The highest BCUT2D eigenvalue weighted by Crippen LogP contribution is 2.29. The Morgan fingerprint density at radius 1 is 1.25 bits per heavy atom. The van der Waals surface area contributed by atoms with E-state index in [1.54, 1.807) is 11.8 Å². The summed E-state index contributed by atoms with van der Waals surface area (Å²) in [6.45, 7) is 6.35. The van der Waals surface area contributed by atoms with E-state index in [9.17, 15) is 0 Å². The molecular formula is C17H22N2S. The van der Waals surface area contributed by atoms with Gasteiger partial charge in [-0.25, -0.2) is 4.98 Å². The molecule has 0 bridgehead atoms. The normalized spacial score (nSPS) is 12.4. The number of benzene rings is 1. The SMILES string of the molecule is CCC(N)Cc1cnc(Sc2cccc(C)c2)c(C)c1. The third-order valence-electron chi connectivity index (χ3n) is 3.31. The number of aryl methyl sites for hydroxylation is 2. The van der Waals surface area contributed by atoms with Gasteiger partial charge in [0.25, 0.3) is 0 Å². The predicted octanol–water partition coefficient (Wildman–Crippen LogP) is 4.13. The van der Waals surface area contributed by atoms with Gasteiger partial charge in [-0.2, -0.15) is 0 Å². The molecule has 2 aromatic rings. The molecule has 1 aromatic heterocycles. The fraction of sp³-hybridized carbons (Fsp3) is 0.353. The minimum atomic E-state index is 0.228. The van der Waals surface area contributed by atoms with E-state index in [2.05, 4.69) is 56.1 Å².